The normalized spacial score (nSPS) is 16.9. The predicted octanol–water partition coefficient (Wildman–Crippen LogP) is 3.75. The van der Waals surface area contributed by atoms with E-state index in [1.54, 1.807) is 0 Å². The highest BCUT2D eigenvalue weighted by atomic mass is 127. The second kappa shape index (κ2) is 11.7. The number of hydrogen-bond donors (Lipinski definition) is 1. The van der Waals surface area contributed by atoms with Crippen LogP contribution in [0.25, 0.3) is 11.4 Å². The molecule has 1 unspecified atom stereocenters. The van der Waals surface area contributed by atoms with Crippen LogP contribution in [-0.4, -0.2) is 65.7 Å². The van der Waals surface area contributed by atoms with Crippen molar-refractivity contribution in [2.75, 3.05) is 39.8 Å². The van der Waals surface area contributed by atoms with Crippen LogP contribution in [0.5, 0.6) is 0 Å². The molecule has 1 aliphatic heterocycles. The van der Waals surface area contributed by atoms with Gasteiger partial charge in [0.05, 0.1) is 6.54 Å². The highest BCUT2D eigenvalue weighted by Gasteiger charge is 2.26. The highest BCUT2D eigenvalue weighted by Crippen LogP contribution is 2.19. The average molecular weight is 533 g/mol. The summed E-state index contributed by atoms with van der Waals surface area (Å²) in [6.45, 7) is 10.3. The molecule has 1 atom stereocenters. The number of guanidine groups is 1. The van der Waals surface area contributed by atoms with Gasteiger partial charge in [0.1, 0.15) is 0 Å². The lowest BCUT2D eigenvalue weighted by Gasteiger charge is -2.24. The third-order valence-electron chi connectivity index (χ3n) is 5.18. The Morgan fingerprint density at radius 2 is 2.03 bits per heavy atom. The van der Waals surface area contributed by atoms with E-state index in [2.05, 4.69) is 44.1 Å². The Kier molecular flexibility index (Phi) is 9.64. The van der Waals surface area contributed by atoms with Gasteiger partial charge in [0.15, 0.2) is 5.96 Å². The topological polar surface area (TPSA) is 69.8 Å². The quantitative estimate of drug-likeness (QED) is 0.333. The fourth-order valence-electron chi connectivity index (χ4n) is 3.55. The number of hydrogen-bond acceptors (Lipinski definition) is 5. The van der Waals surface area contributed by atoms with Crippen LogP contribution in [0.3, 0.4) is 0 Å². The molecule has 29 heavy (non-hydrogen) atoms. The van der Waals surface area contributed by atoms with Crippen molar-refractivity contribution < 1.29 is 4.52 Å². The summed E-state index contributed by atoms with van der Waals surface area (Å²) in [4.78, 5) is 13.7. The lowest BCUT2D eigenvalue weighted by Crippen LogP contribution is -2.40. The van der Waals surface area contributed by atoms with Crippen LogP contribution >= 0.6 is 35.6 Å². The molecule has 0 spiro atoms. The second-order valence-corrected chi connectivity index (χ2v) is 7.44. The van der Waals surface area contributed by atoms with E-state index in [0.717, 1.165) is 44.2 Å². The Balaban J connectivity index is 0.00000300. The van der Waals surface area contributed by atoms with E-state index in [1.807, 2.05) is 31.3 Å². The first kappa shape index (κ1) is 23.9. The Morgan fingerprint density at radius 1 is 1.31 bits per heavy atom. The molecule has 1 fully saturated rings. The SMILES string of the molecule is CCN(CC)CC1CCN(C(=NC)NCc2nc(-c3ccc(Cl)cc3)no2)C1.I. The van der Waals surface area contributed by atoms with Gasteiger partial charge in [-0.1, -0.05) is 30.6 Å². The molecule has 1 N–H and O–H groups in total. The maximum absolute atomic E-state index is 5.93. The number of rotatable bonds is 7. The number of aromatic nitrogens is 2. The van der Waals surface area contributed by atoms with E-state index in [0.29, 0.717) is 29.2 Å². The molecule has 0 bridgehead atoms. The van der Waals surface area contributed by atoms with E-state index in [9.17, 15) is 0 Å². The maximum atomic E-state index is 5.93. The van der Waals surface area contributed by atoms with E-state index < -0.39 is 0 Å². The molecule has 2 aromatic rings. The van der Waals surface area contributed by atoms with Crippen LogP contribution < -0.4 is 5.32 Å². The molecule has 1 saturated heterocycles. The third-order valence-corrected chi connectivity index (χ3v) is 5.43. The minimum atomic E-state index is 0. The average Bonchev–Trinajstić information content (AvgIpc) is 3.37. The molecule has 1 aromatic heterocycles. The van der Waals surface area contributed by atoms with Gasteiger partial charge in [0.25, 0.3) is 0 Å². The largest absolute Gasteiger partial charge is 0.347 e. The molecular weight excluding hydrogens is 503 g/mol. The van der Waals surface area contributed by atoms with Crippen LogP contribution in [-0.2, 0) is 6.54 Å². The Labute approximate surface area is 194 Å². The minimum Gasteiger partial charge on any atom is -0.347 e. The molecule has 0 aliphatic carbocycles. The lowest BCUT2D eigenvalue weighted by atomic mass is 10.1. The van der Waals surface area contributed by atoms with Crippen molar-refractivity contribution in [3.8, 4) is 11.4 Å². The van der Waals surface area contributed by atoms with E-state index in [-0.39, 0.29) is 24.0 Å². The molecule has 7 nitrogen and oxygen atoms in total. The first-order chi connectivity index (χ1) is 13.6. The van der Waals surface area contributed by atoms with E-state index in [1.165, 1.54) is 6.42 Å². The zero-order valence-corrected chi connectivity index (χ0v) is 20.4. The van der Waals surface area contributed by atoms with Crippen LogP contribution in [0.2, 0.25) is 5.02 Å². The number of nitrogens with one attached hydrogen (secondary N) is 1. The Morgan fingerprint density at radius 3 is 2.69 bits per heavy atom. The molecule has 1 aromatic carbocycles. The van der Waals surface area contributed by atoms with Crippen molar-refractivity contribution in [3.05, 3.63) is 35.2 Å². The number of aliphatic imine (C=N–C) groups is 1. The number of benzene rings is 1. The van der Waals surface area contributed by atoms with Gasteiger partial charge in [0, 0.05) is 37.3 Å². The fraction of sp³-hybridized carbons (Fsp3) is 0.550. The molecule has 160 valence electrons. The summed E-state index contributed by atoms with van der Waals surface area (Å²) >= 11 is 5.93. The van der Waals surface area contributed by atoms with Crippen molar-refractivity contribution in [1.29, 1.82) is 0 Å². The second-order valence-electron chi connectivity index (χ2n) is 7.01. The van der Waals surface area contributed by atoms with Gasteiger partial charge in [-0.15, -0.1) is 24.0 Å². The van der Waals surface area contributed by atoms with Crippen molar-refractivity contribution in [3.63, 3.8) is 0 Å². The maximum Gasteiger partial charge on any atom is 0.246 e. The summed E-state index contributed by atoms with van der Waals surface area (Å²) in [6.07, 6.45) is 1.19. The standard InChI is InChI=1S/C20H29ClN6O.HI/c1-4-26(5-2)13-15-10-11-27(14-15)20(22-3)23-12-18-24-19(25-28-18)16-6-8-17(21)9-7-16;/h6-9,15H,4-5,10-14H2,1-3H3,(H,22,23);1H. The van der Waals surface area contributed by atoms with E-state index in [4.69, 9.17) is 16.1 Å². The lowest BCUT2D eigenvalue weighted by molar-refractivity contribution is 0.255. The first-order valence-corrected chi connectivity index (χ1v) is 10.3. The molecule has 2 heterocycles. The van der Waals surface area contributed by atoms with Gasteiger partial charge in [-0.2, -0.15) is 4.98 Å². The number of nitrogens with zero attached hydrogens (tertiary/aromatic N) is 5. The summed E-state index contributed by atoms with van der Waals surface area (Å²) in [5.74, 6) is 2.65. The van der Waals surface area contributed by atoms with Crippen LogP contribution in [0.4, 0.5) is 0 Å². The first-order valence-electron chi connectivity index (χ1n) is 9.89. The van der Waals surface area contributed by atoms with Crippen molar-refractivity contribution >= 4 is 41.5 Å². The number of likely N-dealkylation sites (tertiary alicyclic amines) is 1. The van der Waals surface area contributed by atoms with Gasteiger partial charge >= 0.3 is 0 Å². The molecule has 0 saturated carbocycles. The van der Waals surface area contributed by atoms with Crippen molar-refractivity contribution in [2.45, 2.75) is 26.8 Å². The summed E-state index contributed by atoms with van der Waals surface area (Å²) < 4.78 is 5.37. The van der Waals surface area contributed by atoms with Gasteiger partial charge < -0.3 is 19.6 Å². The van der Waals surface area contributed by atoms with Gasteiger partial charge in [-0.25, -0.2) is 0 Å². The molecule has 0 amide bonds. The zero-order chi connectivity index (χ0) is 19.9. The summed E-state index contributed by atoms with van der Waals surface area (Å²) in [7, 11) is 1.81. The summed E-state index contributed by atoms with van der Waals surface area (Å²) in [5, 5.41) is 8.08. The monoisotopic (exact) mass is 532 g/mol. The van der Waals surface area contributed by atoms with E-state index >= 15 is 0 Å². The highest BCUT2D eigenvalue weighted by molar-refractivity contribution is 14.0. The van der Waals surface area contributed by atoms with Gasteiger partial charge in [-0.3, -0.25) is 4.99 Å². The molecule has 9 heteroatoms. The molecule has 0 radical (unpaired) electrons. The number of halogens is 2. The predicted molar refractivity (Wildman–Crippen MR) is 128 cm³/mol. The van der Waals surface area contributed by atoms with Gasteiger partial charge in [-0.05, 0) is 49.7 Å². The minimum absolute atomic E-state index is 0. The fourth-order valence-corrected chi connectivity index (χ4v) is 3.68. The van der Waals surface area contributed by atoms with Crippen molar-refractivity contribution in [1.82, 2.24) is 25.3 Å². The van der Waals surface area contributed by atoms with Gasteiger partial charge in [0.2, 0.25) is 11.7 Å². The summed E-state index contributed by atoms with van der Waals surface area (Å²) in [5.41, 5.74) is 0.877. The molecule has 1 aliphatic rings. The van der Waals surface area contributed by atoms with Crippen molar-refractivity contribution in [2.24, 2.45) is 10.9 Å². The third kappa shape index (κ3) is 6.55. The summed E-state index contributed by atoms with van der Waals surface area (Å²) in [6, 6.07) is 7.39. The van der Waals surface area contributed by atoms with Crippen LogP contribution in [0, 0.1) is 5.92 Å². The Hall–Kier alpha value is -1.39. The molecule has 3 rings (SSSR count). The van der Waals surface area contributed by atoms with Crippen LogP contribution in [0.1, 0.15) is 26.2 Å². The molecular formula is C20H30ClIN6O. The smallest absolute Gasteiger partial charge is 0.246 e. The Bertz CT molecular complexity index is 778. The van der Waals surface area contributed by atoms with Crippen LogP contribution in [0.15, 0.2) is 33.8 Å². The zero-order valence-electron chi connectivity index (χ0n) is 17.3.